The summed E-state index contributed by atoms with van der Waals surface area (Å²) in [7, 11) is -7.62. The van der Waals surface area contributed by atoms with Gasteiger partial charge < -0.3 is 5.73 Å². The minimum Gasteiger partial charge on any atom is -0.399 e. The number of nitrogens with two attached hydrogens (primary N) is 1. The maximum absolute atomic E-state index is 11.9. The Labute approximate surface area is 115 Å². The normalized spacial score (nSPS) is 12.6. The first-order valence-electron chi connectivity index (χ1n) is 4.99. The second-order valence-electron chi connectivity index (χ2n) is 3.40. The van der Waals surface area contributed by atoms with Gasteiger partial charge in [-0.3, -0.25) is 4.18 Å². The standard InChI is InChI=1S/C8H10N4O6S2/c9-7-1-3-8(4-2-7)19(16,17)6-5-18-20(10-13,11-14)12-15/h1-4H,5-6,9H2. The number of hydrogen-bond donors (Lipinski definition) is 1. The first-order chi connectivity index (χ1) is 9.39. The molecule has 10 nitrogen and oxygen atoms in total. The van der Waals surface area contributed by atoms with E-state index in [1.807, 2.05) is 0 Å². The minimum absolute atomic E-state index is 0.0203. The molecule has 0 aliphatic heterocycles. The molecule has 0 heterocycles. The zero-order chi connectivity index (χ0) is 15.2. The number of nitroso groups, excluding NO2 is 3. The first kappa shape index (κ1) is 16.1. The molecule has 0 atom stereocenters. The second kappa shape index (κ2) is 6.49. The van der Waals surface area contributed by atoms with Crippen LogP contribution in [0.25, 0.3) is 0 Å². The molecule has 0 amide bonds. The Morgan fingerprint density at radius 2 is 1.50 bits per heavy atom. The average Bonchev–Trinajstić information content (AvgIpc) is 2.44. The fraction of sp³-hybridized carbons (Fsp3) is 0.250. The van der Waals surface area contributed by atoms with Gasteiger partial charge in [0.1, 0.15) is 0 Å². The van der Waals surface area contributed by atoms with E-state index in [-0.39, 0.29) is 4.90 Å². The van der Waals surface area contributed by atoms with Gasteiger partial charge in [-0.2, -0.15) is 0 Å². The number of hydrogen-bond acceptors (Lipinski definition) is 10. The van der Waals surface area contributed by atoms with E-state index >= 15 is 0 Å². The molecule has 0 saturated carbocycles. The molecule has 110 valence electrons. The Balaban J connectivity index is 2.74. The summed E-state index contributed by atoms with van der Waals surface area (Å²) in [5.41, 5.74) is 5.82. The molecule has 2 N–H and O–H groups in total. The topological polar surface area (TPSA) is 158 Å². The fourth-order valence-corrected chi connectivity index (χ4v) is 2.87. The van der Waals surface area contributed by atoms with Crippen LogP contribution in [-0.2, 0) is 14.0 Å². The van der Waals surface area contributed by atoms with Crippen molar-refractivity contribution < 1.29 is 12.6 Å². The van der Waals surface area contributed by atoms with E-state index in [1.165, 1.54) is 24.3 Å². The van der Waals surface area contributed by atoms with Crippen molar-refractivity contribution >= 4 is 26.4 Å². The lowest BCUT2D eigenvalue weighted by Crippen LogP contribution is -2.13. The number of benzene rings is 1. The van der Waals surface area contributed by atoms with Crippen LogP contribution in [0, 0.1) is 14.7 Å². The number of anilines is 1. The van der Waals surface area contributed by atoms with Crippen molar-refractivity contribution in [1.82, 2.24) is 0 Å². The van der Waals surface area contributed by atoms with Gasteiger partial charge >= 0.3 is 0 Å². The molecule has 0 bridgehead atoms. The van der Waals surface area contributed by atoms with Gasteiger partial charge in [0.05, 0.1) is 31.0 Å². The van der Waals surface area contributed by atoms with E-state index in [9.17, 15) is 23.1 Å². The lowest BCUT2D eigenvalue weighted by Gasteiger charge is -2.13. The maximum atomic E-state index is 11.9. The van der Waals surface area contributed by atoms with Gasteiger partial charge in [0.2, 0.25) is 0 Å². The highest BCUT2D eigenvalue weighted by atomic mass is 32.3. The molecule has 0 radical (unpaired) electrons. The number of rotatable bonds is 8. The molecule has 1 aromatic carbocycles. The summed E-state index contributed by atoms with van der Waals surface area (Å²) in [4.78, 5) is 30.8. The van der Waals surface area contributed by atoms with E-state index in [0.29, 0.717) is 5.69 Å². The maximum Gasteiger partial charge on any atom is 0.286 e. The molecule has 0 aliphatic carbocycles. The van der Waals surface area contributed by atoms with Crippen LogP contribution in [0.2, 0.25) is 0 Å². The van der Waals surface area contributed by atoms with Crippen LogP contribution in [-0.4, -0.2) is 20.8 Å². The van der Waals surface area contributed by atoms with E-state index in [4.69, 9.17) is 5.73 Å². The first-order valence-corrected chi connectivity index (χ1v) is 8.07. The van der Waals surface area contributed by atoms with Crippen molar-refractivity contribution in [1.29, 1.82) is 0 Å². The quantitative estimate of drug-likeness (QED) is 0.564. The monoisotopic (exact) mass is 322 g/mol. The molecule has 1 rings (SSSR count). The lowest BCUT2D eigenvalue weighted by molar-refractivity contribution is 0.381. The second-order valence-corrected chi connectivity index (χ2v) is 7.13. The number of nitrogen functional groups attached to an aromatic ring is 1. The SMILES string of the molecule is Nc1ccc(S(=O)(=O)CCOS(N=O)(N=O)N=O)cc1. The van der Waals surface area contributed by atoms with Gasteiger partial charge in [-0.05, 0) is 24.3 Å². The smallest absolute Gasteiger partial charge is 0.286 e. The van der Waals surface area contributed by atoms with Crippen molar-refractivity contribution in [3.05, 3.63) is 39.0 Å². The van der Waals surface area contributed by atoms with E-state index in [2.05, 4.69) is 17.9 Å². The van der Waals surface area contributed by atoms with Crippen molar-refractivity contribution in [3.8, 4) is 0 Å². The van der Waals surface area contributed by atoms with E-state index < -0.39 is 33.1 Å². The van der Waals surface area contributed by atoms with Crippen LogP contribution in [0.3, 0.4) is 0 Å². The van der Waals surface area contributed by atoms with Crippen LogP contribution in [0.15, 0.2) is 42.9 Å². The fourth-order valence-electron chi connectivity index (χ4n) is 1.15. The summed E-state index contributed by atoms with van der Waals surface area (Å²) in [6, 6.07) is 5.38. The molecule has 0 saturated heterocycles. The Hall–Kier alpha value is -1.92. The summed E-state index contributed by atoms with van der Waals surface area (Å²) in [5.74, 6) is -0.577. The summed E-state index contributed by atoms with van der Waals surface area (Å²) in [6.45, 7) is -0.620. The van der Waals surface area contributed by atoms with Crippen molar-refractivity contribution in [2.75, 3.05) is 18.1 Å². The predicted molar refractivity (Wildman–Crippen MR) is 73.8 cm³/mol. The molecule has 0 unspecified atom stereocenters. The van der Waals surface area contributed by atoms with Crippen LogP contribution >= 0.6 is 10.9 Å². The Morgan fingerprint density at radius 3 is 1.95 bits per heavy atom. The third kappa shape index (κ3) is 3.79. The molecule has 0 aliphatic rings. The number of nitrogens with zero attached hydrogens (tertiary/aromatic N) is 3. The molecule has 12 heteroatoms. The van der Waals surface area contributed by atoms with Gasteiger partial charge in [-0.15, -0.1) is 14.7 Å². The van der Waals surface area contributed by atoms with Crippen molar-refractivity contribution in [2.45, 2.75) is 4.90 Å². The van der Waals surface area contributed by atoms with Crippen LogP contribution < -0.4 is 5.73 Å². The molecule has 1 aromatic rings. The summed E-state index contributed by atoms with van der Waals surface area (Å²) < 4.78 is 34.5. The largest absolute Gasteiger partial charge is 0.399 e. The van der Waals surface area contributed by atoms with Gasteiger partial charge in [-0.25, -0.2) is 8.42 Å². The average molecular weight is 322 g/mol. The minimum atomic E-state index is -3.90. The highest BCUT2D eigenvalue weighted by molar-refractivity contribution is 8.26. The van der Waals surface area contributed by atoms with Crippen molar-refractivity contribution in [2.24, 2.45) is 13.7 Å². The summed E-state index contributed by atoms with van der Waals surface area (Å²) in [6.07, 6.45) is 0. The Morgan fingerprint density at radius 1 is 1.00 bits per heavy atom. The van der Waals surface area contributed by atoms with Gasteiger partial charge in [0.15, 0.2) is 9.84 Å². The van der Waals surface area contributed by atoms with Crippen molar-refractivity contribution in [3.63, 3.8) is 0 Å². The zero-order valence-electron chi connectivity index (χ0n) is 9.91. The highest BCUT2D eigenvalue weighted by Crippen LogP contribution is 2.52. The Kier molecular flexibility index (Phi) is 5.24. The van der Waals surface area contributed by atoms with Crippen LogP contribution in [0.1, 0.15) is 0 Å². The predicted octanol–water partition coefficient (Wildman–Crippen LogP) is 1.82. The molecular formula is C8H10N4O6S2. The van der Waals surface area contributed by atoms with E-state index in [0.717, 1.165) is 0 Å². The molecule has 0 fully saturated rings. The van der Waals surface area contributed by atoms with Crippen LogP contribution in [0.4, 0.5) is 5.69 Å². The zero-order valence-corrected chi connectivity index (χ0v) is 11.5. The van der Waals surface area contributed by atoms with Gasteiger partial charge in [0, 0.05) is 5.69 Å². The molecule has 0 aromatic heterocycles. The summed E-state index contributed by atoms with van der Waals surface area (Å²) in [5, 5.41) is 0. The third-order valence-electron chi connectivity index (χ3n) is 2.12. The molecule has 20 heavy (non-hydrogen) atoms. The van der Waals surface area contributed by atoms with E-state index in [1.54, 1.807) is 0 Å². The third-order valence-corrected chi connectivity index (χ3v) is 4.88. The molecule has 0 spiro atoms. The Bertz CT molecular complexity index is 580. The molecular weight excluding hydrogens is 312 g/mol. The number of sulfone groups is 1. The lowest BCUT2D eigenvalue weighted by atomic mass is 10.3. The highest BCUT2D eigenvalue weighted by Gasteiger charge is 2.30. The van der Waals surface area contributed by atoms with Crippen LogP contribution in [0.5, 0.6) is 0 Å². The van der Waals surface area contributed by atoms with Gasteiger partial charge in [-0.1, -0.05) is 0 Å². The van der Waals surface area contributed by atoms with Gasteiger partial charge in [0.25, 0.3) is 10.9 Å². The summed E-state index contributed by atoms with van der Waals surface area (Å²) >= 11 is 0.